The summed E-state index contributed by atoms with van der Waals surface area (Å²) in [6.07, 6.45) is 4.18. The predicted molar refractivity (Wildman–Crippen MR) is 72.3 cm³/mol. The molecule has 0 bridgehead atoms. The van der Waals surface area contributed by atoms with Crippen molar-refractivity contribution >= 4 is 23.0 Å². The topological polar surface area (TPSA) is 58.3 Å². The van der Waals surface area contributed by atoms with Gasteiger partial charge in [0.05, 0.1) is 17.5 Å². The van der Waals surface area contributed by atoms with E-state index in [-0.39, 0.29) is 6.10 Å². The largest absolute Gasteiger partial charge is 0.397 e. The van der Waals surface area contributed by atoms with Crippen molar-refractivity contribution < 1.29 is 5.11 Å². The van der Waals surface area contributed by atoms with Gasteiger partial charge < -0.3 is 16.2 Å². The summed E-state index contributed by atoms with van der Waals surface area (Å²) in [5.74, 6) is 0.332. The number of hydrogen-bond acceptors (Lipinski definition) is 3. The van der Waals surface area contributed by atoms with E-state index < -0.39 is 0 Å². The highest BCUT2D eigenvalue weighted by Gasteiger charge is 2.22. The Morgan fingerprint density at radius 3 is 2.82 bits per heavy atom. The van der Waals surface area contributed by atoms with E-state index in [9.17, 15) is 5.11 Å². The minimum absolute atomic E-state index is 0.176. The Bertz CT molecular complexity index is 384. The van der Waals surface area contributed by atoms with E-state index in [2.05, 4.69) is 5.32 Å². The molecule has 1 saturated carbocycles. The number of rotatable bonds is 3. The molecule has 2 unspecified atom stereocenters. The zero-order valence-corrected chi connectivity index (χ0v) is 10.6. The van der Waals surface area contributed by atoms with Crippen molar-refractivity contribution in [1.82, 2.24) is 0 Å². The molecule has 0 spiro atoms. The Morgan fingerprint density at radius 1 is 1.35 bits per heavy atom. The van der Waals surface area contributed by atoms with Crippen LogP contribution in [-0.4, -0.2) is 17.8 Å². The average molecular weight is 255 g/mol. The molecule has 1 aliphatic carbocycles. The molecule has 0 aromatic heterocycles. The first-order valence-electron chi connectivity index (χ1n) is 6.14. The van der Waals surface area contributed by atoms with Crippen LogP contribution < -0.4 is 11.1 Å². The highest BCUT2D eigenvalue weighted by molar-refractivity contribution is 6.31. The van der Waals surface area contributed by atoms with Gasteiger partial charge in [0, 0.05) is 17.5 Å². The van der Waals surface area contributed by atoms with E-state index in [0.29, 0.717) is 16.6 Å². The van der Waals surface area contributed by atoms with Gasteiger partial charge in [-0.3, -0.25) is 0 Å². The average Bonchev–Trinajstić information content (AvgIpc) is 2.30. The number of aliphatic hydroxyl groups is 1. The highest BCUT2D eigenvalue weighted by Crippen LogP contribution is 2.27. The summed E-state index contributed by atoms with van der Waals surface area (Å²) in [5, 5.41) is 13.8. The zero-order chi connectivity index (χ0) is 12.3. The third kappa shape index (κ3) is 3.27. The van der Waals surface area contributed by atoms with Gasteiger partial charge >= 0.3 is 0 Å². The second-order valence-electron chi connectivity index (χ2n) is 4.72. The van der Waals surface area contributed by atoms with Crippen LogP contribution in [0.5, 0.6) is 0 Å². The van der Waals surface area contributed by atoms with E-state index in [1.165, 1.54) is 6.42 Å². The van der Waals surface area contributed by atoms with Crippen LogP contribution >= 0.6 is 11.6 Å². The van der Waals surface area contributed by atoms with E-state index >= 15 is 0 Å². The lowest BCUT2D eigenvalue weighted by atomic mass is 9.86. The van der Waals surface area contributed by atoms with E-state index in [1.807, 2.05) is 12.1 Å². The lowest BCUT2D eigenvalue weighted by Gasteiger charge is -2.28. The summed E-state index contributed by atoms with van der Waals surface area (Å²) in [6, 6.07) is 5.44. The third-order valence-electron chi connectivity index (χ3n) is 3.44. The molecule has 2 atom stereocenters. The van der Waals surface area contributed by atoms with Crippen molar-refractivity contribution in [1.29, 1.82) is 0 Å². The van der Waals surface area contributed by atoms with Crippen LogP contribution in [0.4, 0.5) is 11.4 Å². The molecule has 0 amide bonds. The number of halogens is 1. The fourth-order valence-electron chi connectivity index (χ4n) is 2.36. The number of benzene rings is 1. The molecular formula is C13H19ClN2O. The quantitative estimate of drug-likeness (QED) is 0.727. The fourth-order valence-corrected chi connectivity index (χ4v) is 2.54. The molecular weight excluding hydrogens is 236 g/mol. The van der Waals surface area contributed by atoms with Gasteiger partial charge in [0.2, 0.25) is 0 Å². The molecule has 17 heavy (non-hydrogen) atoms. The number of anilines is 2. The lowest BCUT2D eigenvalue weighted by molar-refractivity contribution is 0.0763. The van der Waals surface area contributed by atoms with Gasteiger partial charge in [0.25, 0.3) is 0 Å². The van der Waals surface area contributed by atoms with Gasteiger partial charge in [-0.2, -0.15) is 0 Å². The molecule has 2 rings (SSSR count). The molecule has 1 aromatic carbocycles. The van der Waals surface area contributed by atoms with Gasteiger partial charge in [0.15, 0.2) is 0 Å². The van der Waals surface area contributed by atoms with Crippen LogP contribution in [0.3, 0.4) is 0 Å². The van der Waals surface area contributed by atoms with Gasteiger partial charge in [-0.25, -0.2) is 0 Å². The second-order valence-corrected chi connectivity index (χ2v) is 5.16. The molecule has 0 aliphatic heterocycles. The molecule has 94 valence electrons. The summed E-state index contributed by atoms with van der Waals surface area (Å²) in [5.41, 5.74) is 7.41. The van der Waals surface area contributed by atoms with Crippen molar-refractivity contribution in [3.63, 3.8) is 0 Å². The zero-order valence-electron chi connectivity index (χ0n) is 9.82. The van der Waals surface area contributed by atoms with Gasteiger partial charge in [-0.15, -0.1) is 0 Å². The van der Waals surface area contributed by atoms with Crippen molar-refractivity contribution in [3.05, 3.63) is 23.2 Å². The molecule has 1 fully saturated rings. The first-order chi connectivity index (χ1) is 8.16. The van der Waals surface area contributed by atoms with Crippen molar-refractivity contribution in [2.75, 3.05) is 17.6 Å². The third-order valence-corrected chi connectivity index (χ3v) is 3.67. The van der Waals surface area contributed by atoms with Gasteiger partial charge in [-0.05, 0) is 31.0 Å². The number of nitrogens with one attached hydrogen (secondary N) is 1. The van der Waals surface area contributed by atoms with Crippen molar-refractivity contribution in [2.24, 2.45) is 5.92 Å². The maximum atomic E-state index is 9.87. The molecule has 1 aromatic rings. The molecule has 3 nitrogen and oxygen atoms in total. The Balaban J connectivity index is 1.92. The molecule has 4 N–H and O–H groups in total. The summed E-state index contributed by atoms with van der Waals surface area (Å²) >= 11 is 5.84. The molecule has 0 saturated heterocycles. The van der Waals surface area contributed by atoms with Crippen LogP contribution in [0.25, 0.3) is 0 Å². The first kappa shape index (κ1) is 12.5. The Labute approximate surface area is 107 Å². The van der Waals surface area contributed by atoms with Crippen molar-refractivity contribution in [2.45, 2.75) is 31.8 Å². The highest BCUT2D eigenvalue weighted by atomic mass is 35.5. The van der Waals surface area contributed by atoms with Crippen molar-refractivity contribution in [3.8, 4) is 0 Å². The normalized spacial score (nSPS) is 24.6. The predicted octanol–water partition coefficient (Wildman–Crippen LogP) is 2.89. The second kappa shape index (κ2) is 5.61. The molecule has 1 aliphatic rings. The maximum Gasteiger partial charge on any atom is 0.0585 e. The number of aliphatic hydroxyl groups excluding tert-OH is 1. The summed E-state index contributed by atoms with van der Waals surface area (Å²) < 4.78 is 0. The lowest BCUT2D eigenvalue weighted by Crippen LogP contribution is -2.30. The van der Waals surface area contributed by atoms with Crippen LogP contribution in [0, 0.1) is 5.92 Å². The minimum atomic E-state index is -0.176. The monoisotopic (exact) mass is 254 g/mol. The first-order valence-corrected chi connectivity index (χ1v) is 6.51. The van der Waals surface area contributed by atoms with Crippen LogP contribution in [0.15, 0.2) is 18.2 Å². The van der Waals surface area contributed by atoms with Gasteiger partial charge in [0.1, 0.15) is 0 Å². The summed E-state index contributed by atoms with van der Waals surface area (Å²) in [7, 11) is 0. The minimum Gasteiger partial charge on any atom is -0.397 e. The maximum absolute atomic E-state index is 9.87. The Hall–Kier alpha value is -0.930. The summed E-state index contributed by atoms with van der Waals surface area (Å²) in [4.78, 5) is 0. The SMILES string of the molecule is Nc1cc(Cl)ccc1NCC1CCCCC1O. The van der Waals surface area contributed by atoms with Gasteiger partial charge in [-0.1, -0.05) is 24.4 Å². The Kier molecular flexibility index (Phi) is 4.13. The van der Waals surface area contributed by atoms with E-state index in [0.717, 1.165) is 31.5 Å². The smallest absolute Gasteiger partial charge is 0.0585 e. The number of nitrogen functional groups attached to an aromatic ring is 1. The molecule has 0 heterocycles. The van der Waals surface area contributed by atoms with E-state index in [1.54, 1.807) is 6.07 Å². The fraction of sp³-hybridized carbons (Fsp3) is 0.538. The standard InChI is InChI=1S/C13H19ClN2O/c14-10-5-6-12(11(15)7-10)16-8-9-3-1-2-4-13(9)17/h5-7,9,13,16-17H,1-4,8,15H2. The van der Waals surface area contributed by atoms with Crippen LogP contribution in [0.1, 0.15) is 25.7 Å². The van der Waals surface area contributed by atoms with E-state index in [4.69, 9.17) is 17.3 Å². The molecule has 0 radical (unpaired) electrons. The number of nitrogens with two attached hydrogens (primary N) is 1. The molecule has 4 heteroatoms. The van der Waals surface area contributed by atoms with Crippen LogP contribution in [-0.2, 0) is 0 Å². The van der Waals surface area contributed by atoms with Crippen LogP contribution in [0.2, 0.25) is 5.02 Å². The Morgan fingerprint density at radius 2 is 2.12 bits per heavy atom. The summed E-state index contributed by atoms with van der Waals surface area (Å²) in [6.45, 7) is 0.771. The number of hydrogen-bond donors (Lipinski definition) is 3.